The third-order valence-corrected chi connectivity index (χ3v) is 12.9. The van der Waals surface area contributed by atoms with Crippen LogP contribution in [0.5, 0.6) is 0 Å². The number of hydrogen-bond acceptors (Lipinski definition) is 3. The lowest BCUT2D eigenvalue weighted by molar-refractivity contribution is 0.698. The van der Waals surface area contributed by atoms with Crippen LogP contribution in [-0.2, 0) is 25.8 Å². The first-order valence-corrected chi connectivity index (χ1v) is 22.1. The van der Waals surface area contributed by atoms with E-state index in [-0.39, 0.29) is 0 Å². The SMILES string of the molecule is c1ccc(-c2nc(CCCCc3ccccc3-n3c4ccccc4c4ccccc43)nc(-n3c4ccccc4c4ccccc43)n2)c(CCn2c3ccccc3c3ccccc32)c1. The molecule has 6 heteroatoms. The Hall–Kier alpha value is -7.83. The maximum Gasteiger partial charge on any atom is 0.238 e. The standard InChI is InChI=1S/C57H44N6/c1-4-22-41(39(19-1)37-38-61-49-30-12-5-23-42(49)43-24-6-13-31-50(43)61)56-58-55(59-57(60-56)63-53-34-16-9-27-46(53)47-28-10-17-35-54(47)63)36-18-3-21-40-20-2-11-29-48(40)62-51-32-14-7-25-44(51)45-26-8-15-33-52(45)62/h1-2,4-17,19-20,22-35H,3,18,21,36-38H2. The molecule has 0 bridgehead atoms. The fraction of sp³-hybridized carbons (Fsp3) is 0.105. The summed E-state index contributed by atoms with van der Waals surface area (Å²) in [6, 6.07) is 69.7. The zero-order valence-electron chi connectivity index (χ0n) is 34.9. The summed E-state index contributed by atoms with van der Waals surface area (Å²) in [5.41, 5.74) is 12.0. The molecule has 0 spiro atoms. The highest BCUT2D eigenvalue weighted by atomic mass is 15.2. The molecule has 6 nitrogen and oxygen atoms in total. The molecule has 0 fully saturated rings. The molecule has 4 heterocycles. The lowest BCUT2D eigenvalue weighted by atomic mass is 10.0. The van der Waals surface area contributed by atoms with Crippen molar-refractivity contribution in [3.05, 3.63) is 211 Å². The summed E-state index contributed by atoms with van der Waals surface area (Å²) in [5, 5.41) is 7.50. The van der Waals surface area contributed by atoms with Gasteiger partial charge in [-0.25, -0.2) is 4.98 Å². The van der Waals surface area contributed by atoms with E-state index in [1.54, 1.807) is 0 Å². The van der Waals surface area contributed by atoms with Crippen molar-refractivity contribution < 1.29 is 0 Å². The predicted molar refractivity (Wildman–Crippen MR) is 260 cm³/mol. The van der Waals surface area contributed by atoms with Gasteiger partial charge in [-0.3, -0.25) is 4.57 Å². The van der Waals surface area contributed by atoms with E-state index in [4.69, 9.17) is 15.0 Å². The Morgan fingerprint density at radius 1 is 0.333 bits per heavy atom. The van der Waals surface area contributed by atoms with Crippen LogP contribution in [0.2, 0.25) is 0 Å². The van der Waals surface area contributed by atoms with Crippen LogP contribution < -0.4 is 0 Å². The van der Waals surface area contributed by atoms with Gasteiger partial charge in [0.25, 0.3) is 0 Å². The van der Waals surface area contributed by atoms with Crippen molar-refractivity contribution in [3.8, 4) is 23.0 Å². The summed E-state index contributed by atoms with van der Waals surface area (Å²) >= 11 is 0. The van der Waals surface area contributed by atoms with E-state index in [0.29, 0.717) is 11.8 Å². The molecule has 0 radical (unpaired) electrons. The Bertz CT molecular complexity index is 3500. The largest absolute Gasteiger partial charge is 0.340 e. The smallest absolute Gasteiger partial charge is 0.238 e. The number of nitrogens with zero attached hydrogens (tertiary/aromatic N) is 6. The summed E-state index contributed by atoms with van der Waals surface area (Å²) in [6.45, 7) is 0.832. The van der Waals surface area contributed by atoms with E-state index in [9.17, 15) is 0 Å². The van der Waals surface area contributed by atoms with Crippen molar-refractivity contribution in [2.24, 2.45) is 0 Å². The molecule has 302 valence electrons. The van der Waals surface area contributed by atoms with E-state index in [0.717, 1.165) is 61.1 Å². The molecule has 0 N–H and O–H groups in total. The molecule has 0 aliphatic rings. The van der Waals surface area contributed by atoms with Crippen LogP contribution in [0.4, 0.5) is 0 Å². The minimum absolute atomic E-state index is 0.654. The number of aromatic nitrogens is 6. The van der Waals surface area contributed by atoms with Crippen molar-refractivity contribution in [1.82, 2.24) is 28.7 Å². The van der Waals surface area contributed by atoms with Gasteiger partial charge in [0.15, 0.2) is 5.82 Å². The monoisotopic (exact) mass is 812 g/mol. The zero-order valence-corrected chi connectivity index (χ0v) is 34.9. The average molecular weight is 813 g/mol. The molecule has 0 saturated heterocycles. The molecule has 12 aromatic rings. The molecule has 0 amide bonds. The topological polar surface area (TPSA) is 53.5 Å². The van der Waals surface area contributed by atoms with E-state index < -0.39 is 0 Å². The van der Waals surface area contributed by atoms with Gasteiger partial charge in [0.05, 0.1) is 22.1 Å². The summed E-state index contributed by atoms with van der Waals surface area (Å²) in [7, 11) is 0. The van der Waals surface area contributed by atoms with Crippen LogP contribution in [0.3, 0.4) is 0 Å². The molecular weight excluding hydrogens is 769 g/mol. The molecule has 0 saturated carbocycles. The average Bonchev–Trinajstić information content (AvgIpc) is 3.98. The molecule has 12 rings (SSSR count). The maximum atomic E-state index is 5.35. The first-order chi connectivity index (χ1) is 31.3. The van der Waals surface area contributed by atoms with Crippen molar-refractivity contribution >= 4 is 65.4 Å². The third kappa shape index (κ3) is 6.37. The lowest BCUT2D eigenvalue weighted by Gasteiger charge is -2.15. The number of benzene rings is 8. The number of para-hydroxylation sites is 7. The second-order valence-electron chi connectivity index (χ2n) is 16.5. The number of aryl methyl sites for hydroxylation is 4. The quantitative estimate of drug-likeness (QED) is 0.122. The van der Waals surface area contributed by atoms with Crippen LogP contribution in [0.15, 0.2) is 194 Å². The summed E-state index contributed by atoms with van der Waals surface area (Å²) in [6.07, 6.45) is 4.44. The van der Waals surface area contributed by atoms with Crippen molar-refractivity contribution in [3.63, 3.8) is 0 Å². The second kappa shape index (κ2) is 15.6. The lowest BCUT2D eigenvalue weighted by Crippen LogP contribution is -2.10. The Kier molecular flexibility index (Phi) is 9.14. The van der Waals surface area contributed by atoms with Gasteiger partial charge in [-0.15, -0.1) is 0 Å². The van der Waals surface area contributed by atoms with E-state index in [1.165, 1.54) is 71.2 Å². The molecule has 0 atom stereocenters. The number of fused-ring (bicyclic) bond motifs is 9. The minimum Gasteiger partial charge on any atom is -0.340 e. The van der Waals surface area contributed by atoms with Gasteiger partial charge in [-0.05, 0) is 79.3 Å². The van der Waals surface area contributed by atoms with Crippen LogP contribution in [0, 0.1) is 0 Å². The van der Waals surface area contributed by atoms with Gasteiger partial charge >= 0.3 is 0 Å². The molecule has 0 aliphatic carbocycles. The molecule has 4 aromatic heterocycles. The first-order valence-electron chi connectivity index (χ1n) is 22.1. The van der Waals surface area contributed by atoms with Crippen molar-refractivity contribution in [2.75, 3.05) is 0 Å². The molecule has 0 unspecified atom stereocenters. The van der Waals surface area contributed by atoms with Gasteiger partial charge in [0.1, 0.15) is 5.82 Å². The van der Waals surface area contributed by atoms with Crippen molar-refractivity contribution in [1.29, 1.82) is 0 Å². The Balaban J connectivity index is 0.900. The van der Waals surface area contributed by atoms with Gasteiger partial charge in [-0.1, -0.05) is 152 Å². The third-order valence-electron chi connectivity index (χ3n) is 12.9. The summed E-state index contributed by atoms with van der Waals surface area (Å²) in [5.74, 6) is 2.18. The van der Waals surface area contributed by atoms with Crippen LogP contribution in [0.25, 0.3) is 88.4 Å². The molecule has 63 heavy (non-hydrogen) atoms. The number of unbranched alkanes of at least 4 members (excludes halogenated alkanes) is 1. The van der Waals surface area contributed by atoms with E-state index >= 15 is 0 Å². The van der Waals surface area contributed by atoms with Gasteiger partial charge in [0.2, 0.25) is 5.95 Å². The fourth-order valence-corrected chi connectivity index (χ4v) is 10.0. The summed E-state index contributed by atoms with van der Waals surface area (Å²) < 4.78 is 7.13. The Morgan fingerprint density at radius 3 is 1.33 bits per heavy atom. The van der Waals surface area contributed by atoms with Gasteiger partial charge < -0.3 is 9.13 Å². The normalized spacial score (nSPS) is 11.9. The highest BCUT2D eigenvalue weighted by molar-refractivity contribution is 6.10. The van der Waals surface area contributed by atoms with E-state index in [2.05, 4.69) is 208 Å². The molecule has 8 aromatic carbocycles. The number of hydrogen-bond donors (Lipinski definition) is 0. The summed E-state index contributed by atoms with van der Waals surface area (Å²) in [4.78, 5) is 15.9. The molecule has 0 aliphatic heterocycles. The highest BCUT2D eigenvalue weighted by Gasteiger charge is 2.19. The first kappa shape index (κ1) is 37.0. The fourth-order valence-electron chi connectivity index (χ4n) is 10.0. The zero-order chi connectivity index (χ0) is 41.7. The maximum absolute atomic E-state index is 5.35. The van der Waals surface area contributed by atoms with Gasteiger partial charge in [-0.2, -0.15) is 9.97 Å². The van der Waals surface area contributed by atoms with Crippen LogP contribution >= 0.6 is 0 Å². The second-order valence-corrected chi connectivity index (χ2v) is 16.5. The van der Waals surface area contributed by atoms with E-state index in [1.807, 2.05) is 0 Å². The van der Waals surface area contributed by atoms with Gasteiger partial charge in [0, 0.05) is 67.6 Å². The predicted octanol–water partition coefficient (Wildman–Crippen LogP) is 13.6. The van der Waals surface area contributed by atoms with Crippen molar-refractivity contribution in [2.45, 2.75) is 38.6 Å². The number of rotatable bonds is 11. The Morgan fingerprint density at radius 2 is 0.762 bits per heavy atom. The van der Waals surface area contributed by atoms with Crippen LogP contribution in [0.1, 0.15) is 29.8 Å². The Labute approximate surface area is 365 Å². The van der Waals surface area contributed by atoms with Crippen LogP contribution in [-0.4, -0.2) is 28.7 Å². The highest BCUT2D eigenvalue weighted by Crippen LogP contribution is 2.35. The minimum atomic E-state index is 0.654. The molecular formula is C57H44N6.